The standard InChI is InChI=1S/C22H23Cl3N4O3S/c1-32-16-7-5-14(6-8-16)19(31)26-20(22(23,24)25)27-21(33)28-10-13-9-15(12-28)17-3-2-4-18(30)29(17)11-13/h2-8,13,15,20H,9-12H2,1H3,(H,26,31)(H,27,33)/t13-,15+,20+/m0/s1. The van der Waals surface area contributed by atoms with Crippen LogP contribution in [0, 0.1) is 5.92 Å². The average molecular weight is 530 g/mol. The molecule has 1 aromatic carbocycles. The number of carbonyl (C=O) groups is 1. The summed E-state index contributed by atoms with van der Waals surface area (Å²) >= 11 is 24.1. The third kappa shape index (κ3) is 5.40. The van der Waals surface area contributed by atoms with Gasteiger partial charge in [-0.1, -0.05) is 40.9 Å². The molecular formula is C22H23Cl3N4O3S. The fourth-order valence-electron chi connectivity index (χ4n) is 4.43. The number of ether oxygens (including phenoxy) is 1. The monoisotopic (exact) mass is 528 g/mol. The van der Waals surface area contributed by atoms with Crippen LogP contribution < -0.4 is 20.9 Å². The Bertz CT molecular complexity index is 1100. The minimum Gasteiger partial charge on any atom is -0.497 e. The summed E-state index contributed by atoms with van der Waals surface area (Å²) in [6.07, 6.45) is -0.0636. The molecule has 0 saturated carbocycles. The molecule has 1 amide bonds. The zero-order chi connectivity index (χ0) is 23.8. The lowest BCUT2D eigenvalue weighted by atomic mass is 9.83. The summed E-state index contributed by atoms with van der Waals surface area (Å²) in [5.74, 6) is 0.652. The van der Waals surface area contributed by atoms with E-state index in [1.165, 1.54) is 0 Å². The first kappa shape index (κ1) is 24.1. The van der Waals surface area contributed by atoms with Gasteiger partial charge < -0.3 is 24.8 Å². The van der Waals surface area contributed by atoms with E-state index in [1.807, 2.05) is 15.5 Å². The number of nitrogens with zero attached hydrogens (tertiary/aromatic N) is 2. The number of pyridine rings is 1. The molecule has 33 heavy (non-hydrogen) atoms. The van der Waals surface area contributed by atoms with Crippen molar-refractivity contribution in [2.45, 2.75) is 28.8 Å². The molecule has 0 radical (unpaired) electrons. The van der Waals surface area contributed by atoms with Gasteiger partial charge in [-0.3, -0.25) is 9.59 Å². The maximum atomic E-state index is 12.7. The second kappa shape index (κ2) is 9.70. The predicted molar refractivity (Wildman–Crippen MR) is 133 cm³/mol. The number of carbonyl (C=O) groups excluding carboxylic acids is 1. The number of likely N-dealkylation sites (tertiary alicyclic amines) is 1. The summed E-state index contributed by atoms with van der Waals surface area (Å²) in [6, 6.07) is 11.9. The molecule has 3 atom stereocenters. The minimum atomic E-state index is -1.85. The highest BCUT2D eigenvalue weighted by atomic mass is 35.6. The number of aromatic nitrogens is 1. The molecule has 3 heterocycles. The summed E-state index contributed by atoms with van der Waals surface area (Å²) in [6.45, 7) is 1.94. The molecule has 1 saturated heterocycles. The lowest BCUT2D eigenvalue weighted by Crippen LogP contribution is -2.60. The lowest BCUT2D eigenvalue weighted by molar-refractivity contribution is 0.0932. The molecule has 176 valence electrons. The number of methoxy groups -OCH3 is 1. The van der Waals surface area contributed by atoms with E-state index in [-0.39, 0.29) is 17.4 Å². The number of halogens is 3. The quantitative estimate of drug-likeness (QED) is 0.360. The number of hydrogen-bond acceptors (Lipinski definition) is 4. The summed E-state index contributed by atoms with van der Waals surface area (Å²) < 4.78 is 5.12. The Morgan fingerprint density at radius 3 is 2.52 bits per heavy atom. The van der Waals surface area contributed by atoms with Crippen LogP contribution in [0.3, 0.4) is 0 Å². The maximum Gasteiger partial charge on any atom is 0.252 e. The van der Waals surface area contributed by atoms with Crippen LogP contribution in [-0.4, -0.2) is 50.6 Å². The molecule has 2 aliphatic rings. The number of thiocarbonyl (C=S) groups is 1. The molecule has 7 nitrogen and oxygen atoms in total. The summed E-state index contributed by atoms with van der Waals surface area (Å²) in [7, 11) is 1.55. The number of rotatable bonds is 4. The van der Waals surface area contributed by atoms with Crippen LogP contribution in [-0.2, 0) is 6.54 Å². The van der Waals surface area contributed by atoms with Crippen molar-refractivity contribution in [3.8, 4) is 5.75 Å². The average Bonchev–Trinajstić information content (AvgIpc) is 2.78. The molecule has 0 unspecified atom stereocenters. The number of amides is 1. The van der Waals surface area contributed by atoms with E-state index < -0.39 is 15.9 Å². The van der Waals surface area contributed by atoms with E-state index >= 15 is 0 Å². The Labute approximate surface area is 211 Å². The number of hydrogen-bond donors (Lipinski definition) is 2. The van der Waals surface area contributed by atoms with Crippen LogP contribution in [0.15, 0.2) is 47.3 Å². The lowest BCUT2D eigenvalue weighted by Gasteiger charge is -2.44. The van der Waals surface area contributed by atoms with Crippen LogP contribution in [0.25, 0.3) is 0 Å². The largest absolute Gasteiger partial charge is 0.497 e. The summed E-state index contributed by atoms with van der Waals surface area (Å²) in [5.41, 5.74) is 1.42. The van der Waals surface area contributed by atoms with E-state index in [2.05, 4.69) is 10.6 Å². The highest BCUT2D eigenvalue weighted by molar-refractivity contribution is 7.80. The van der Waals surface area contributed by atoms with Gasteiger partial charge in [0.1, 0.15) is 11.9 Å². The van der Waals surface area contributed by atoms with Gasteiger partial charge in [0.2, 0.25) is 3.79 Å². The normalized spacial score (nSPS) is 20.4. The fourth-order valence-corrected chi connectivity index (χ4v) is 5.03. The van der Waals surface area contributed by atoms with Gasteiger partial charge in [-0.15, -0.1) is 0 Å². The molecule has 1 aromatic heterocycles. The second-order valence-corrected chi connectivity index (χ2v) is 11.0. The first-order valence-corrected chi connectivity index (χ1v) is 12.0. The van der Waals surface area contributed by atoms with E-state index in [9.17, 15) is 9.59 Å². The summed E-state index contributed by atoms with van der Waals surface area (Å²) in [4.78, 5) is 27.0. The van der Waals surface area contributed by atoms with Gasteiger partial charge in [-0.25, -0.2) is 0 Å². The molecule has 0 aliphatic carbocycles. The van der Waals surface area contributed by atoms with Crippen molar-refractivity contribution in [2.24, 2.45) is 5.92 Å². The zero-order valence-electron chi connectivity index (χ0n) is 17.8. The first-order valence-electron chi connectivity index (χ1n) is 10.4. The van der Waals surface area contributed by atoms with Crippen LogP contribution >= 0.6 is 47.0 Å². The van der Waals surface area contributed by atoms with E-state index in [4.69, 9.17) is 51.8 Å². The Hall–Kier alpha value is -2.00. The molecule has 4 rings (SSSR count). The third-order valence-electron chi connectivity index (χ3n) is 5.99. The number of piperidine rings is 1. The summed E-state index contributed by atoms with van der Waals surface area (Å²) in [5, 5.41) is 6.10. The molecule has 2 aromatic rings. The molecule has 0 spiro atoms. The molecule has 2 bridgehead atoms. The molecule has 2 N–H and O–H groups in total. The molecule has 11 heteroatoms. The smallest absolute Gasteiger partial charge is 0.252 e. The Morgan fingerprint density at radius 2 is 1.85 bits per heavy atom. The van der Waals surface area contributed by atoms with Crippen molar-refractivity contribution in [1.82, 2.24) is 20.1 Å². The zero-order valence-corrected chi connectivity index (χ0v) is 20.8. The van der Waals surface area contributed by atoms with Crippen molar-refractivity contribution >= 4 is 58.0 Å². The van der Waals surface area contributed by atoms with Gasteiger partial charge in [0, 0.05) is 42.9 Å². The van der Waals surface area contributed by atoms with Crippen molar-refractivity contribution in [3.63, 3.8) is 0 Å². The van der Waals surface area contributed by atoms with Crippen molar-refractivity contribution in [1.29, 1.82) is 0 Å². The van der Waals surface area contributed by atoms with Crippen molar-refractivity contribution < 1.29 is 9.53 Å². The SMILES string of the molecule is COc1ccc(C(=O)N[C@H](NC(=S)N2C[C@@H]3C[C@H](C2)c2cccc(=O)n2C3)C(Cl)(Cl)Cl)cc1. The second-order valence-electron chi connectivity index (χ2n) is 8.23. The van der Waals surface area contributed by atoms with Gasteiger partial charge in [0.25, 0.3) is 11.5 Å². The number of alkyl halides is 3. The fraction of sp³-hybridized carbons (Fsp3) is 0.409. The molecule has 2 aliphatic heterocycles. The van der Waals surface area contributed by atoms with Crippen molar-refractivity contribution in [2.75, 3.05) is 20.2 Å². The van der Waals surface area contributed by atoms with Gasteiger partial charge in [0.05, 0.1) is 7.11 Å². The number of fused-ring (bicyclic) bond motifs is 4. The van der Waals surface area contributed by atoms with E-state index in [0.717, 1.165) is 12.1 Å². The Morgan fingerprint density at radius 1 is 1.12 bits per heavy atom. The van der Waals surface area contributed by atoms with Gasteiger partial charge in [0.15, 0.2) is 5.11 Å². The topological polar surface area (TPSA) is 75.6 Å². The number of benzene rings is 1. The van der Waals surface area contributed by atoms with Crippen molar-refractivity contribution in [3.05, 3.63) is 64.1 Å². The van der Waals surface area contributed by atoms with Crippen LogP contribution in [0.1, 0.15) is 28.4 Å². The third-order valence-corrected chi connectivity index (χ3v) is 7.02. The van der Waals surface area contributed by atoms with Gasteiger partial charge in [-0.2, -0.15) is 0 Å². The van der Waals surface area contributed by atoms with E-state index in [0.29, 0.717) is 36.1 Å². The van der Waals surface area contributed by atoms with Gasteiger partial charge >= 0.3 is 0 Å². The molecule has 1 fully saturated rings. The van der Waals surface area contributed by atoms with Gasteiger partial charge in [-0.05, 0) is 54.9 Å². The molecular weight excluding hydrogens is 507 g/mol. The minimum absolute atomic E-state index is 0.0221. The Balaban J connectivity index is 1.45. The maximum absolute atomic E-state index is 12.7. The highest BCUT2D eigenvalue weighted by Crippen LogP contribution is 2.35. The van der Waals surface area contributed by atoms with Crippen LogP contribution in [0.4, 0.5) is 0 Å². The number of nitrogens with one attached hydrogen (secondary N) is 2. The predicted octanol–water partition coefficient (Wildman–Crippen LogP) is 3.28. The van der Waals surface area contributed by atoms with Crippen LogP contribution in [0.5, 0.6) is 5.75 Å². The Kier molecular flexibility index (Phi) is 7.09. The van der Waals surface area contributed by atoms with E-state index in [1.54, 1.807) is 43.5 Å². The van der Waals surface area contributed by atoms with Crippen LogP contribution in [0.2, 0.25) is 0 Å². The first-order chi connectivity index (χ1) is 15.7. The highest BCUT2D eigenvalue weighted by Gasteiger charge is 2.39.